The van der Waals surface area contributed by atoms with E-state index in [-0.39, 0.29) is 11.3 Å². The number of aliphatic hydroxyl groups is 1. The average Bonchev–Trinajstić information content (AvgIpc) is 2.18. The second-order valence-corrected chi connectivity index (χ2v) is 3.75. The highest BCUT2D eigenvalue weighted by molar-refractivity contribution is 5.95. The average molecular weight is 208 g/mol. The van der Waals surface area contributed by atoms with E-state index >= 15 is 0 Å². The minimum atomic E-state index is -0.871. The van der Waals surface area contributed by atoms with Gasteiger partial charge in [-0.05, 0) is 25.5 Å². The Hall–Kier alpha value is -1.55. The van der Waals surface area contributed by atoms with Crippen molar-refractivity contribution in [1.82, 2.24) is 0 Å². The lowest BCUT2D eigenvalue weighted by atomic mass is 9.91. The third-order valence-corrected chi connectivity index (χ3v) is 2.68. The fourth-order valence-electron chi connectivity index (χ4n) is 1.83. The van der Waals surface area contributed by atoms with E-state index in [1.807, 2.05) is 0 Å². The Morgan fingerprint density at radius 1 is 1.40 bits per heavy atom. The van der Waals surface area contributed by atoms with Crippen LogP contribution in [0.25, 0.3) is 0 Å². The number of hydrogen-bond acceptors (Lipinski definition) is 4. The number of hydrogen-bond donors (Lipinski definition) is 2. The third-order valence-electron chi connectivity index (χ3n) is 2.68. The Bertz CT molecular complexity index is 425. The summed E-state index contributed by atoms with van der Waals surface area (Å²) in [4.78, 5) is 11.5. The number of benzene rings is 1. The quantitative estimate of drug-likeness (QED) is 0.630. The first kappa shape index (κ1) is 9.98. The Morgan fingerprint density at radius 2 is 2.07 bits per heavy atom. The van der Waals surface area contributed by atoms with Crippen molar-refractivity contribution in [1.29, 1.82) is 0 Å². The molecule has 0 aromatic heterocycles. The first-order chi connectivity index (χ1) is 7.02. The smallest absolute Gasteiger partial charge is 0.342 e. The molecule has 1 aromatic carbocycles. The zero-order valence-corrected chi connectivity index (χ0v) is 8.52. The summed E-state index contributed by atoms with van der Waals surface area (Å²) in [5.41, 5.74) is 1.33. The summed E-state index contributed by atoms with van der Waals surface area (Å²) in [7, 11) is 0. The van der Waals surface area contributed by atoms with E-state index in [4.69, 9.17) is 4.74 Å². The fourth-order valence-corrected chi connectivity index (χ4v) is 1.83. The predicted molar refractivity (Wildman–Crippen MR) is 52.7 cm³/mol. The number of aliphatic hydroxyl groups excluding tert-OH is 1. The lowest BCUT2D eigenvalue weighted by Gasteiger charge is -2.28. The predicted octanol–water partition coefficient (Wildman–Crippen LogP) is 1.29. The number of carbonyl (C=O) groups is 1. The van der Waals surface area contributed by atoms with Gasteiger partial charge in [0.15, 0.2) is 0 Å². The van der Waals surface area contributed by atoms with E-state index in [9.17, 15) is 15.0 Å². The number of fused-ring (bicyclic) bond motifs is 1. The second-order valence-electron chi connectivity index (χ2n) is 3.75. The van der Waals surface area contributed by atoms with Gasteiger partial charge in [-0.3, -0.25) is 0 Å². The van der Waals surface area contributed by atoms with E-state index in [0.29, 0.717) is 5.56 Å². The summed E-state index contributed by atoms with van der Waals surface area (Å²) in [5, 5.41) is 19.4. The fraction of sp³-hybridized carbons (Fsp3) is 0.364. The van der Waals surface area contributed by atoms with Crippen LogP contribution in [0.2, 0.25) is 0 Å². The van der Waals surface area contributed by atoms with Gasteiger partial charge in [0.2, 0.25) is 0 Å². The SMILES string of the molecule is Cc1ccc(O)c2c1[C@@H](O)[C@@H](C)OC2=O. The summed E-state index contributed by atoms with van der Waals surface area (Å²) >= 11 is 0. The summed E-state index contributed by atoms with van der Waals surface area (Å²) in [6.07, 6.45) is -1.45. The number of aryl methyl sites for hydroxylation is 1. The molecule has 0 saturated carbocycles. The summed E-state index contributed by atoms with van der Waals surface area (Å²) in [6, 6.07) is 3.10. The Kier molecular flexibility index (Phi) is 2.16. The van der Waals surface area contributed by atoms with Gasteiger partial charge in [0, 0.05) is 5.56 Å². The molecule has 80 valence electrons. The van der Waals surface area contributed by atoms with E-state index in [1.165, 1.54) is 6.07 Å². The minimum Gasteiger partial charge on any atom is -0.507 e. The van der Waals surface area contributed by atoms with Crippen LogP contribution in [0, 0.1) is 6.92 Å². The maximum atomic E-state index is 11.5. The minimum absolute atomic E-state index is 0.0839. The largest absolute Gasteiger partial charge is 0.507 e. The normalized spacial score (nSPS) is 24.6. The summed E-state index contributed by atoms with van der Waals surface area (Å²) in [6.45, 7) is 3.40. The molecule has 0 fully saturated rings. The number of rotatable bonds is 0. The van der Waals surface area contributed by atoms with E-state index in [2.05, 4.69) is 0 Å². The van der Waals surface area contributed by atoms with E-state index in [0.717, 1.165) is 5.56 Å². The Labute approximate surface area is 87.1 Å². The van der Waals surface area contributed by atoms with Gasteiger partial charge in [-0.15, -0.1) is 0 Å². The lowest BCUT2D eigenvalue weighted by Crippen LogP contribution is -2.30. The maximum Gasteiger partial charge on any atom is 0.342 e. The molecule has 2 rings (SSSR count). The Morgan fingerprint density at radius 3 is 2.73 bits per heavy atom. The van der Waals surface area contributed by atoms with Crippen LogP contribution in [0.1, 0.15) is 34.5 Å². The van der Waals surface area contributed by atoms with Crippen LogP contribution in [0.4, 0.5) is 0 Å². The molecule has 0 saturated heterocycles. The number of phenols is 1. The number of carbonyl (C=O) groups excluding carboxylic acids is 1. The van der Waals surface area contributed by atoms with Gasteiger partial charge in [-0.1, -0.05) is 6.07 Å². The molecule has 2 N–H and O–H groups in total. The Balaban J connectivity index is 2.70. The van der Waals surface area contributed by atoms with Gasteiger partial charge < -0.3 is 14.9 Å². The summed E-state index contributed by atoms with van der Waals surface area (Å²) in [5.74, 6) is -0.726. The van der Waals surface area contributed by atoms with Crippen molar-refractivity contribution in [3.8, 4) is 5.75 Å². The number of esters is 1. The third kappa shape index (κ3) is 1.37. The molecular formula is C11H12O4. The van der Waals surface area contributed by atoms with Crippen LogP contribution < -0.4 is 0 Å². The van der Waals surface area contributed by atoms with Gasteiger partial charge in [0.05, 0.1) is 0 Å². The van der Waals surface area contributed by atoms with Gasteiger partial charge in [-0.25, -0.2) is 4.79 Å². The van der Waals surface area contributed by atoms with E-state index in [1.54, 1.807) is 19.9 Å². The van der Waals surface area contributed by atoms with E-state index < -0.39 is 18.2 Å². The zero-order valence-electron chi connectivity index (χ0n) is 8.52. The lowest BCUT2D eigenvalue weighted by molar-refractivity contribution is -0.0219. The monoisotopic (exact) mass is 208 g/mol. The number of phenolic OH excluding ortho intramolecular Hbond substituents is 1. The molecule has 1 heterocycles. The van der Waals surface area contributed by atoms with Crippen molar-refractivity contribution in [2.45, 2.75) is 26.1 Å². The van der Waals surface area contributed by atoms with Crippen molar-refractivity contribution in [3.63, 3.8) is 0 Å². The molecule has 4 nitrogen and oxygen atoms in total. The summed E-state index contributed by atoms with van der Waals surface area (Å²) < 4.78 is 4.91. The van der Waals surface area contributed by atoms with Crippen LogP contribution in [0.15, 0.2) is 12.1 Å². The second kappa shape index (κ2) is 3.24. The molecule has 0 aliphatic carbocycles. The van der Waals surface area contributed by atoms with Gasteiger partial charge in [0.25, 0.3) is 0 Å². The molecule has 0 unspecified atom stereocenters. The number of cyclic esters (lactones) is 1. The number of aromatic hydroxyl groups is 1. The molecule has 0 bridgehead atoms. The van der Waals surface area contributed by atoms with Crippen LogP contribution in [0.5, 0.6) is 5.75 Å². The molecule has 4 heteroatoms. The number of ether oxygens (including phenoxy) is 1. The van der Waals surface area contributed by atoms with Gasteiger partial charge in [0.1, 0.15) is 23.5 Å². The molecule has 1 aromatic rings. The molecule has 0 radical (unpaired) electrons. The van der Waals surface area contributed by atoms with Crippen LogP contribution in [-0.4, -0.2) is 22.3 Å². The molecule has 1 aliphatic heterocycles. The van der Waals surface area contributed by atoms with Crippen molar-refractivity contribution in [2.24, 2.45) is 0 Å². The topological polar surface area (TPSA) is 66.8 Å². The molecule has 0 amide bonds. The molecule has 0 spiro atoms. The van der Waals surface area contributed by atoms with Crippen LogP contribution in [-0.2, 0) is 4.74 Å². The zero-order chi connectivity index (χ0) is 11.2. The molecule has 1 aliphatic rings. The van der Waals surface area contributed by atoms with Crippen molar-refractivity contribution >= 4 is 5.97 Å². The highest BCUT2D eigenvalue weighted by Crippen LogP contribution is 2.36. The first-order valence-corrected chi connectivity index (χ1v) is 4.74. The van der Waals surface area contributed by atoms with Gasteiger partial charge in [-0.2, -0.15) is 0 Å². The van der Waals surface area contributed by atoms with Crippen molar-refractivity contribution < 1.29 is 19.7 Å². The first-order valence-electron chi connectivity index (χ1n) is 4.74. The standard InChI is InChI=1S/C11H12O4/c1-5-3-4-7(12)9-8(5)10(13)6(2)15-11(9)14/h3-4,6,10,12-13H,1-2H3/t6-,10+/m1/s1. The highest BCUT2D eigenvalue weighted by Gasteiger charge is 2.34. The van der Waals surface area contributed by atoms with Crippen LogP contribution >= 0.6 is 0 Å². The van der Waals surface area contributed by atoms with Gasteiger partial charge >= 0.3 is 5.97 Å². The van der Waals surface area contributed by atoms with Crippen LogP contribution in [0.3, 0.4) is 0 Å². The molecule has 15 heavy (non-hydrogen) atoms. The molecule has 2 atom stereocenters. The van der Waals surface area contributed by atoms with Crippen molar-refractivity contribution in [3.05, 3.63) is 28.8 Å². The van der Waals surface area contributed by atoms with Crippen molar-refractivity contribution in [2.75, 3.05) is 0 Å². The molecular weight excluding hydrogens is 196 g/mol. The highest BCUT2D eigenvalue weighted by atomic mass is 16.6. The maximum absolute atomic E-state index is 11.5.